The molecule has 130 valence electrons. The first-order chi connectivity index (χ1) is 10.5. The Balaban J connectivity index is 2.88. The topological polar surface area (TPSA) is 72.5 Å². The van der Waals surface area contributed by atoms with Crippen molar-refractivity contribution in [1.82, 2.24) is 5.32 Å². The summed E-state index contributed by atoms with van der Waals surface area (Å²) < 4.78 is 28.8. The Morgan fingerprint density at radius 2 is 1.78 bits per heavy atom. The van der Waals surface area contributed by atoms with Crippen molar-refractivity contribution < 1.29 is 17.9 Å². The van der Waals surface area contributed by atoms with Crippen LogP contribution in [0.15, 0.2) is 17.0 Å². The Hall–Kier alpha value is -0.820. The van der Waals surface area contributed by atoms with Crippen LogP contribution in [0.3, 0.4) is 0 Å². The summed E-state index contributed by atoms with van der Waals surface area (Å²) in [6.07, 6.45) is 1.02. The van der Waals surface area contributed by atoms with Gasteiger partial charge in [0.2, 0.25) is 0 Å². The molecule has 1 rings (SSSR count). The molecule has 1 atom stereocenters. The molecule has 0 heterocycles. The van der Waals surface area contributed by atoms with Gasteiger partial charge in [0, 0.05) is 18.9 Å². The Labute approximate surface area is 147 Å². The van der Waals surface area contributed by atoms with Crippen LogP contribution in [0.2, 0.25) is 10.0 Å². The van der Waals surface area contributed by atoms with E-state index in [0.717, 1.165) is 6.26 Å². The van der Waals surface area contributed by atoms with E-state index in [0.29, 0.717) is 19.1 Å². The lowest BCUT2D eigenvalue weighted by molar-refractivity contribution is 0.0791. The van der Waals surface area contributed by atoms with Crippen LogP contribution in [0.25, 0.3) is 0 Å². The van der Waals surface area contributed by atoms with Crippen LogP contribution < -0.4 is 5.32 Å². The van der Waals surface area contributed by atoms with Gasteiger partial charge in [0.05, 0.1) is 27.1 Å². The smallest absolute Gasteiger partial charge is 0.253 e. The maximum absolute atomic E-state index is 12.3. The van der Waals surface area contributed by atoms with Gasteiger partial charge in [-0.1, -0.05) is 37.0 Å². The van der Waals surface area contributed by atoms with Gasteiger partial charge >= 0.3 is 0 Å². The SMILES string of the molecule is CC(C)COC[C@H](C)NC(=O)c1cc(S(C)(=O)=O)c(Cl)cc1Cl. The minimum atomic E-state index is -3.55. The van der Waals surface area contributed by atoms with Crippen molar-refractivity contribution >= 4 is 38.9 Å². The second-order valence-electron chi connectivity index (χ2n) is 5.84. The zero-order chi connectivity index (χ0) is 17.8. The van der Waals surface area contributed by atoms with E-state index < -0.39 is 15.7 Å². The van der Waals surface area contributed by atoms with Crippen LogP contribution in [0.4, 0.5) is 0 Å². The van der Waals surface area contributed by atoms with Crippen molar-refractivity contribution in [1.29, 1.82) is 0 Å². The fraction of sp³-hybridized carbons (Fsp3) is 0.533. The van der Waals surface area contributed by atoms with E-state index in [1.807, 2.05) is 13.8 Å². The Bertz CT molecular complexity index is 674. The van der Waals surface area contributed by atoms with Gasteiger partial charge in [-0.25, -0.2) is 8.42 Å². The molecule has 0 fully saturated rings. The average molecular weight is 382 g/mol. The van der Waals surface area contributed by atoms with Crippen molar-refractivity contribution in [2.45, 2.75) is 31.7 Å². The van der Waals surface area contributed by atoms with Crippen LogP contribution in [0.5, 0.6) is 0 Å². The van der Waals surface area contributed by atoms with Crippen LogP contribution in [-0.2, 0) is 14.6 Å². The Kier molecular flexibility index (Phi) is 7.32. The first-order valence-corrected chi connectivity index (χ1v) is 9.74. The zero-order valence-electron chi connectivity index (χ0n) is 13.5. The van der Waals surface area contributed by atoms with Crippen molar-refractivity contribution in [2.24, 2.45) is 5.92 Å². The minimum absolute atomic E-state index is 0.0117. The van der Waals surface area contributed by atoms with Gasteiger partial charge in [0.25, 0.3) is 5.91 Å². The molecular weight excluding hydrogens is 361 g/mol. The molecule has 0 aliphatic heterocycles. The van der Waals surface area contributed by atoms with Gasteiger partial charge in [0.15, 0.2) is 9.84 Å². The molecule has 1 aromatic carbocycles. The number of hydrogen-bond acceptors (Lipinski definition) is 4. The number of halogens is 2. The van der Waals surface area contributed by atoms with Crippen LogP contribution in [-0.4, -0.2) is 39.8 Å². The largest absolute Gasteiger partial charge is 0.379 e. The highest BCUT2D eigenvalue weighted by molar-refractivity contribution is 7.90. The van der Waals surface area contributed by atoms with E-state index >= 15 is 0 Å². The molecule has 0 spiro atoms. The molecule has 0 aromatic heterocycles. The normalized spacial score (nSPS) is 13.2. The highest BCUT2D eigenvalue weighted by atomic mass is 35.5. The van der Waals surface area contributed by atoms with Gasteiger partial charge < -0.3 is 10.1 Å². The molecule has 0 saturated heterocycles. The van der Waals surface area contributed by atoms with Gasteiger partial charge in [-0.05, 0) is 25.0 Å². The molecule has 1 N–H and O–H groups in total. The molecule has 1 amide bonds. The van der Waals surface area contributed by atoms with Gasteiger partial charge in [-0.3, -0.25) is 4.79 Å². The fourth-order valence-corrected chi connectivity index (χ4v) is 3.45. The van der Waals surface area contributed by atoms with Gasteiger partial charge in [0.1, 0.15) is 0 Å². The number of amides is 1. The number of benzene rings is 1. The molecule has 1 aromatic rings. The summed E-state index contributed by atoms with van der Waals surface area (Å²) in [5.41, 5.74) is 0.0622. The molecule has 23 heavy (non-hydrogen) atoms. The summed E-state index contributed by atoms with van der Waals surface area (Å²) in [6.45, 7) is 6.81. The molecule has 0 aliphatic carbocycles. The summed E-state index contributed by atoms with van der Waals surface area (Å²) in [7, 11) is -3.55. The lowest BCUT2D eigenvalue weighted by Gasteiger charge is -2.16. The lowest BCUT2D eigenvalue weighted by atomic mass is 10.2. The summed E-state index contributed by atoms with van der Waals surface area (Å²) in [5, 5.41) is 2.80. The first kappa shape index (κ1) is 20.2. The highest BCUT2D eigenvalue weighted by Gasteiger charge is 2.20. The number of sulfone groups is 1. The summed E-state index contributed by atoms with van der Waals surface area (Å²) >= 11 is 11.9. The minimum Gasteiger partial charge on any atom is -0.379 e. The number of carbonyl (C=O) groups excluding carboxylic acids is 1. The van der Waals surface area contributed by atoms with Crippen LogP contribution in [0, 0.1) is 5.92 Å². The van der Waals surface area contributed by atoms with E-state index in [4.69, 9.17) is 27.9 Å². The van der Waals surface area contributed by atoms with Gasteiger partial charge in [-0.15, -0.1) is 0 Å². The molecular formula is C15H21Cl2NO4S. The van der Waals surface area contributed by atoms with E-state index in [2.05, 4.69) is 5.32 Å². The number of hydrogen-bond donors (Lipinski definition) is 1. The third-order valence-corrected chi connectivity index (χ3v) is 4.74. The summed E-state index contributed by atoms with van der Waals surface area (Å²) in [6, 6.07) is 2.21. The number of carbonyl (C=O) groups is 1. The van der Waals surface area contributed by atoms with E-state index in [1.165, 1.54) is 12.1 Å². The number of nitrogens with one attached hydrogen (secondary N) is 1. The number of ether oxygens (including phenoxy) is 1. The zero-order valence-corrected chi connectivity index (χ0v) is 15.8. The molecule has 5 nitrogen and oxygen atoms in total. The molecule has 0 unspecified atom stereocenters. The molecule has 0 bridgehead atoms. The van der Waals surface area contributed by atoms with E-state index in [-0.39, 0.29) is 26.5 Å². The second kappa shape index (κ2) is 8.33. The van der Waals surface area contributed by atoms with Crippen molar-refractivity contribution in [3.63, 3.8) is 0 Å². The standard InChI is InChI=1S/C15H21Cl2NO4S/c1-9(2)7-22-8-10(3)18-15(19)11-5-14(23(4,20)21)13(17)6-12(11)16/h5-6,9-10H,7-8H2,1-4H3,(H,18,19)/t10-/m0/s1. The third kappa shape index (κ3) is 6.30. The van der Waals surface area contributed by atoms with E-state index in [9.17, 15) is 13.2 Å². The monoisotopic (exact) mass is 381 g/mol. The third-order valence-electron chi connectivity index (χ3n) is 2.86. The Morgan fingerprint density at radius 3 is 2.30 bits per heavy atom. The molecule has 0 radical (unpaired) electrons. The fourth-order valence-electron chi connectivity index (χ4n) is 1.81. The van der Waals surface area contributed by atoms with Crippen molar-refractivity contribution in [3.05, 3.63) is 27.7 Å². The highest BCUT2D eigenvalue weighted by Crippen LogP contribution is 2.28. The van der Waals surface area contributed by atoms with Crippen LogP contribution >= 0.6 is 23.2 Å². The first-order valence-electron chi connectivity index (χ1n) is 7.10. The Morgan fingerprint density at radius 1 is 1.17 bits per heavy atom. The van der Waals surface area contributed by atoms with E-state index in [1.54, 1.807) is 6.92 Å². The molecule has 8 heteroatoms. The summed E-state index contributed by atoms with van der Waals surface area (Å²) in [4.78, 5) is 12.1. The molecule has 0 saturated carbocycles. The maximum Gasteiger partial charge on any atom is 0.253 e. The predicted molar refractivity (Wildman–Crippen MR) is 92.2 cm³/mol. The van der Waals surface area contributed by atoms with Crippen LogP contribution in [0.1, 0.15) is 31.1 Å². The van der Waals surface area contributed by atoms with Crippen molar-refractivity contribution in [3.8, 4) is 0 Å². The molecule has 0 aliphatic rings. The quantitative estimate of drug-likeness (QED) is 0.786. The number of rotatable bonds is 7. The summed E-state index contributed by atoms with van der Waals surface area (Å²) in [5.74, 6) is -0.0712. The second-order valence-corrected chi connectivity index (χ2v) is 8.64. The maximum atomic E-state index is 12.3. The average Bonchev–Trinajstić information content (AvgIpc) is 2.36. The van der Waals surface area contributed by atoms with Gasteiger partial charge in [-0.2, -0.15) is 0 Å². The predicted octanol–water partition coefficient (Wildman–Crippen LogP) is 3.19. The van der Waals surface area contributed by atoms with Crippen molar-refractivity contribution in [2.75, 3.05) is 19.5 Å². The lowest BCUT2D eigenvalue weighted by Crippen LogP contribution is -2.36.